The number of hydrogen-bond donors (Lipinski definition) is 1. The molecule has 0 spiro atoms. The van der Waals surface area contributed by atoms with Gasteiger partial charge in [-0.05, 0) is 62.9 Å². The van der Waals surface area contributed by atoms with Crippen LogP contribution in [0.1, 0.15) is 74.9 Å². The maximum atomic E-state index is 12.7. The molecule has 0 saturated heterocycles. The lowest BCUT2D eigenvalue weighted by atomic mass is 9.98. The van der Waals surface area contributed by atoms with Crippen LogP contribution in [0.2, 0.25) is 0 Å². The van der Waals surface area contributed by atoms with E-state index in [9.17, 15) is 4.79 Å². The minimum atomic E-state index is 0.190. The zero-order valence-corrected chi connectivity index (χ0v) is 23.3. The summed E-state index contributed by atoms with van der Waals surface area (Å²) in [6.45, 7) is 15.1. The third-order valence-corrected chi connectivity index (χ3v) is 6.49. The van der Waals surface area contributed by atoms with Gasteiger partial charge in [-0.15, -0.1) is 0 Å². The van der Waals surface area contributed by atoms with Crippen LogP contribution in [0.4, 0.5) is 0 Å². The predicted octanol–water partition coefficient (Wildman–Crippen LogP) is 6.16. The second-order valence-electron chi connectivity index (χ2n) is 10.3. The lowest BCUT2D eigenvalue weighted by molar-refractivity contribution is 0.0976. The number of benzene rings is 2. The van der Waals surface area contributed by atoms with Crippen molar-refractivity contribution in [3.8, 4) is 11.4 Å². The number of carbonyl (C=O) groups is 1. The number of imidazole rings is 1. The van der Waals surface area contributed by atoms with Crippen LogP contribution in [0.15, 0.2) is 60.7 Å². The number of nitrogens with one attached hydrogen (secondary N) is 1. The summed E-state index contributed by atoms with van der Waals surface area (Å²) in [6, 6.07) is 16.6. The van der Waals surface area contributed by atoms with Crippen LogP contribution in [0, 0.1) is 5.92 Å². The molecular formula is C33H43N3O. The van der Waals surface area contributed by atoms with E-state index in [0.717, 1.165) is 77.6 Å². The molecule has 1 heterocycles. The number of rotatable bonds is 13. The highest BCUT2D eigenvalue weighted by atomic mass is 16.1. The number of ketones is 1. The van der Waals surface area contributed by atoms with Crippen molar-refractivity contribution in [2.45, 2.75) is 59.8 Å². The largest absolute Gasteiger partial charge is 0.338 e. The van der Waals surface area contributed by atoms with Gasteiger partial charge < -0.3 is 9.88 Å². The molecule has 3 aromatic rings. The molecule has 0 saturated carbocycles. The second kappa shape index (κ2) is 13.9. The third kappa shape index (κ3) is 8.13. The summed E-state index contributed by atoms with van der Waals surface area (Å²) >= 11 is 0. The Bertz CT molecular complexity index is 1280. The summed E-state index contributed by atoms with van der Waals surface area (Å²) in [4.78, 5) is 23.2. The number of allylic oxidation sites excluding steroid dienone is 2. The van der Waals surface area contributed by atoms with E-state index in [4.69, 9.17) is 4.98 Å². The fourth-order valence-corrected chi connectivity index (χ4v) is 4.57. The van der Waals surface area contributed by atoms with Crippen molar-refractivity contribution in [1.29, 1.82) is 0 Å². The lowest BCUT2D eigenvalue weighted by Crippen LogP contribution is -2.25. The zero-order valence-electron chi connectivity index (χ0n) is 23.3. The van der Waals surface area contributed by atoms with Gasteiger partial charge in [0.15, 0.2) is 5.78 Å². The van der Waals surface area contributed by atoms with E-state index in [1.54, 1.807) is 0 Å². The Morgan fingerprint density at radius 2 is 1.70 bits per heavy atom. The first-order valence-electron chi connectivity index (χ1n) is 13.7. The van der Waals surface area contributed by atoms with Crippen LogP contribution < -0.4 is 10.7 Å². The Hall–Kier alpha value is -3.24. The standard InChI is InChI=1S/C33H43N3O/c1-7-9-11-30(27-15-13-26(14-16-27)23-24(3)4)32-25(5)34-33(35-32)29-19-17-28(18-20-29)31(37)12-10-22-36(6)21-8-2/h9,11,13-20,24H,5,7-8,10,12,21-23H2,1-4,6H3,(H,34,35)/b11-9-,32-30-. The fraction of sp³-hybridized carbons (Fsp3) is 0.394. The van der Waals surface area contributed by atoms with Crippen molar-refractivity contribution in [3.63, 3.8) is 0 Å². The number of nitrogens with zero attached hydrogens (tertiary/aromatic N) is 2. The van der Waals surface area contributed by atoms with Crippen LogP contribution in [-0.2, 0) is 6.42 Å². The van der Waals surface area contributed by atoms with Crippen molar-refractivity contribution < 1.29 is 4.79 Å². The molecule has 37 heavy (non-hydrogen) atoms. The van der Waals surface area contributed by atoms with Crippen LogP contribution in [-0.4, -0.2) is 40.8 Å². The summed E-state index contributed by atoms with van der Waals surface area (Å²) in [5.41, 5.74) is 5.23. The quantitative estimate of drug-likeness (QED) is 0.288. The molecule has 4 nitrogen and oxygen atoms in total. The van der Waals surface area contributed by atoms with E-state index in [1.165, 1.54) is 5.56 Å². The molecule has 0 fully saturated rings. The lowest BCUT2D eigenvalue weighted by Gasteiger charge is -2.14. The highest BCUT2D eigenvalue weighted by Crippen LogP contribution is 2.18. The van der Waals surface area contributed by atoms with E-state index in [2.05, 4.69) is 87.6 Å². The second-order valence-corrected chi connectivity index (χ2v) is 10.3. The van der Waals surface area contributed by atoms with Gasteiger partial charge in [-0.3, -0.25) is 4.79 Å². The molecule has 0 amide bonds. The highest BCUT2D eigenvalue weighted by molar-refractivity contribution is 5.96. The molecule has 0 bridgehead atoms. The van der Waals surface area contributed by atoms with Crippen LogP contribution >= 0.6 is 0 Å². The Balaban J connectivity index is 1.84. The van der Waals surface area contributed by atoms with E-state index in [0.29, 0.717) is 12.3 Å². The molecule has 1 N–H and O–H groups in total. The van der Waals surface area contributed by atoms with Gasteiger partial charge in [-0.2, -0.15) is 0 Å². The maximum absolute atomic E-state index is 12.7. The molecule has 0 unspecified atom stereocenters. The Labute approximate surface area is 222 Å². The minimum absolute atomic E-state index is 0.190. The van der Waals surface area contributed by atoms with E-state index < -0.39 is 0 Å². The zero-order chi connectivity index (χ0) is 26.8. The van der Waals surface area contributed by atoms with Crippen molar-refractivity contribution in [2.24, 2.45) is 5.92 Å². The summed E-state index contributed by atoms with van der Waals surface area (Å²) < 4.78 is 0. The van der Waals surface area contributed by atoms with Gasteiger partial charge in [-0.25, -0.2) is 4.98 Å². The van der Waals surface area contributed by atoms with Crippen LogP contribution in [0.3, 0.4) is 0 Å². The van der Waals surface area contributed by atoms with Gasteiger partial charge in [0.1, 0.15) is 5.82 Å². The Morgan fingerprint density at radius 1 is 1.03 bits per heavy atom. The topological polar surface area (TPSA) is 49.0 Å². The normalized spacial score (nSPS) is 12.6. The number of Topliss-reactive ketones (excluding diaryl/α,β-unsaturated/α-hetero) is 1. The number of H-pyrrole nitrogens is 1. The average Bonchev–Trinajstić information content (AvgIpc) is 3.26. The average molecular weight is 498 g/mol. The molecule has 2 aromatic carbocycles. The Morgan fingerprint density at radius 3 is 2.32 bits per heavy atom. The number of aromatic amines is 1. The van der Waals surface area contributed by atoms with Gasteiger partial charge in [0.05, 0.1) is 10.7 Å². The molecule has 3 rings (SSSR count). The van der Waals surface area contributed by atoms with Gasteiger partial charge in [-0.1, -0.05) is 95.0 Å². The van der Waals surface area contributed by atoms with E-state index in [-0.39, 0.29) is 5.78 Å². The molecule has 4 heteroatoms. The maximum Gasteiger partial charge on any atom is 0.162 e. The summed E-state index contributed by atoms with van der Waals surface area (Å²) in [6.07, 6.45) is 8.90. The molecule has 0 radical (unpaired) electrons. The summed E-state index contributed by atoms with van der Waals surface area (Å²) in [5.74, 6) is 1.58. The first-order valence-corrected chi connectivity index (χ1v) is 13.7. The molecule has 0 aliphatic rings. The molecule has 196 valence electrons. The van der Waals surface area contributed by atoms with E-state index in [1.807, 2.05) is 24.3 Å². The van der Waals surface area contributed by atoms with Crippen molar-refractivity contribution in [1.82, 2.24) is 14.9 Å². The smallest absolute Gasteiger partial charge is 0.162 e. The number of hydrogen-bond acceptors (Lipinski definition) is 3. The SMILES string of the molecule is C=c1[nH]c(-c2ccc(C(=O)CCCN(C)CCC)cc2)n/c1=C(/C=C\CC)c1ccc(CC(C)C)cc1. The number of aromatic nitrogens is 2. The molecule has 0 aliphatic carbocycles. The summed E-state index contributed by atoms with van der Waals surface area (Å²) in [5, 5.41) is 1.64. The first-order chi connectivity index (χ1) is 17.8. The monoisotopic (exact) mass is 497 g/mol. The van der Waals surface area contributed by atoms with E-state index >= 15 is 0 Å². The molecule has 1 aromatic heterocycles. The van der Waals surface area contributed by atoms with Gasteiger partial charge >= 0.3 is 0 Å². The highest BCUT2D eigenvalue weighted by Gasteiger charge is 2.10. The van der Waals surface area contributed by atoms with Crippen molar-refractivity contribution >= 4 is 17.9 Å². The van der Waals surface area contributed by atoms with Crippen molar-refractivity contribution in [3.05, 3.63) is 88.1 Å². The predicted molar refractivity (Wildman–Crippen MR) is 157 cm³/mol. The first kappa shape index (κ1) is 28.3. The van der Waals surface area contributed by atoms with Crippen LogP contribution in [0.25, 0.3) is 23.5 Å². The van der Waals surface area contributed by atoms with Gasteiger partial charge in [0.25, 0.3) is 0 Å². The number of carbonyl (C=O) groups excluding carboxylic acids is 1. The summed E-state index contributed by atoms with van der Waals surface area (Å²) in [7, 11) is 2.11. The minimum Gasteiger partial charge on any atom is -0.338 e. The molecule has 0 atom stereocenters. The molecular weight excluding hydrogens is 454 g/mol. The van der Waals surface area contributed by atoms with Crippen LogP contribution in [0.5, 0.6) is 0 Å². The third-order valence-electron chi connectivity index (χ3n) is 6.49. The fourth-order valence-electron chi connectivity index (χ4n) is 4.57. The van der Waals surface area contributed by atoms with Crippen molar-refractivity contribution in [2.75, 3.05) is 20.1 Å². The Kier molecular flexibility index (Phi) is 10.6. The molecule has 0 aliphatic heterocycles. The van der Waals surface area contributed by atoms with Gasteiger partial charge in [0, 0.05) is 23.1 Å². The van der Waals surface area contributed by atoms with Gasteiger partial charge in [0.2, 0.25) is 0 Å².